The van der Waals surface area contributed by atoms with Crippen molar-refractivity contribution in [2.24, 2.45) is 0 Å². The molecule has 0 amide bonds. The first-order chi connectivity index (χ1) is 8.08. The van der Waals surface area contributed by atoms with Crippen LogP contribution >= 0.6 is 23.2 Å². The van der Waals surface area contributed by atoms with Crippen LogP contribution in [-0.2, 0) is 6.42 Å². The number of hydrogen-bond donors (Lipinski definition) is 0. The highest BCUT2D eigenvalue weighted by Crippen LogP contribution is 2.23. The first kappa shape index (κ1) is 12.3. The summed E-state index contributed by atoms with van der Waals surface area (Å²) in [5.74, 6) is 0.282. The van der Waals surface area contributed by atoms with Gasteiger partial charge in [-0.25, -0.2) is 4.39 Å². The van der Waals surface area contributed by atoms with E-state index in [1.165, 1.54) is 6.07 Å². The monoisotopic (exact) mass is 274 g/mol. The number of alkyl halides is 1. The molecule has 1 unspecified atom stereocenters. The van der Waals surface area contributed by atoms with Gasteiger partial charge in [-0.15, -0.1) is 11.6 Å². The summed E-state index contributed by atoms with van der Waals surface area (Å²) in [6.07, 6.45) is 0.155. The van der Waals surface area contributed by atoms with E-state index >= 15 is 0 Å². The summed E-state index contributed by atoms with van der Waals surface area (Å²) in [6.45, 7) is 1.73. The fourth-order valence-corrected chi connectivity index (χ4v) is 1.67. The van der Waals surface area contributed by atoms with Crippen molar-refractivity contribution in [1.29, 1.82) is 0 Å². The van der Waals surface area contributed by atoms with Crippen molar-refractivity contribution in [2.45, 2.75) is 18.7 Å². The van der Waals surface area contributed by atoms with Gasteiger partial charge in [0.1, 0.15) is 5.82 Å². The molecule has 1 atom stereocenters. The van der Waals surface area contributed by atoms with Crippen molar-refractivity contribution in [3.63, 3.8) is 0 Å². The largest absolute Gasteiger partial charge is 0.339 e. The molecular formula is C11H9Cl2FN2O. The second kappa shape index (κ2) is 5.02. The van der Waals surface area contributed by atoms with E-state index in [0.717, 1.165) is 0 Å². The molecule has 0 aliphatic rings. The van der Waals surface area contributed by atoms with Gasteiger partial charge in [-0.2, -0.15) is 4.98 Å². The number of benzene rings is 1. The Morgan fingerprint density at radius 3 is 2.82 bits per heavy atom. The molecule has 2 aromatic rings. The van der Waals surface area contributed by atoms with Crippen molar-refractivity contribution in [2.75, 3.05) is 0 Å². The van der Waals surface area contributed by atoms with E-state index in [2.05, 4.69) is 10.1 Å². The van der Waals surface area contributed by atoms with Gasteiger partial charge in [-0.3, -0.25) is 0 Å². The van der Waals surface area contributed by atoms with E-state index < -0.39 is 5.82 Å². The third-order valence-electron chi connectivity index (χ3n) is 2.23. The molecule has 2 rings (SSSR count). The van der Waals surface area contributed by atoms with Crippen LogP contribution in [0.3, 0.4) is 0 Å². The number of nitrogens with zero attached hydrogens (tertiary/aromatic N) is 2. The first-order valence-electron chi connectivity index (χ1n) is 4.97. The van der Waals surface area contributed by atoms with Crippen molar-refractivity contribution >= 4 is 23.2 Å². The van der Waals surface area contributed by atoms with Gasteiger partial charge in [0.05, 0.1) is 11.8 Å². The van der Waals surface area contributed by atoms with Gasteiger partial charge in [0, 0.05) is 10.6 Å². The molecule has 0 saturated heterocycles. The average Bonchev–Trinajstić information content (AvgIpc) is 2.72. The molecule has 0 N–H and O–H groups in total. The Labute approximate surface area is 108 Å². The molecule has 17 heavy (non-hydrogen) atoms. The molecular weight excluding hydrogens is 266 g/mol. The number of hydrogen-bond acceptors (Lipinski definition) is 3. The Bertz CT molecular complexity index is 508. The number of aromatic nitrogens is 2. The van der Waals surface area contributed by atoms with Gasteiger partial charge in [-0.1, -0.05) is 22.8 Å². The average molecular weight is 275 g/mol. The highest BCUT2D eigenvalue weighted by Gasteiger charge is 2.15. The Morgan fingerprint density at radius 2 is 2.24 bits per heavy atom. The van der Waals surface area contributed by atoms with Crippen LogP contribution in [-0.4, -0.2) is 10.1 Å². The number of halogens is 3. The van der Waals surface area contributed by atoms with Crippen molar-refractivity contribution in [3.8, 4) is 0 Å². The van der Waals surface area contributed by atoms with Crippen LogP contribution in [0.2, 0.25) is 5.02 Å². The molecule has 6 heteroatoms. The summed E-state index contributed by atoms with van der Waals surface area (Å²) in [5, 5.41) is 3.68. The Hall–Kier alpha value is -1.13. The standard InChI is InChI=1S/C11H9Cl2FN2O/c1-6(12)11-15-10(17-16-11)5-7-8(13)3-2-4-9(7)14/h2-4,6H,5H2,1H3. The molecule has 3 nitrogen and oxygen atoms in total. The molecule has 1 aromatic heterocycles. The molecule has 0 bridgehead atoms. The van der Waals surface area contributed by atoms with Gasteiger partial charge < -0.3 is 4.52 Å². The van der Waals surface area contributed by atoms with Gasteiger partial charge in [0.2, 0.25) is 5.89 Å². The summed E-state index contributed by atoms with van der Waals surface area (Å²) in [5.41, 5.74) is 0.339. The highest BCUT2D eigenvalue weighted by molar-refractivity contribution is 6.31. The molecule has 0 aliphatic heterocycles. The highest BCUT2D eigenvalue weighted by atomic mass is 35.5. The Balaban J connectivity index is 2.25. The second-order valence-electron chi connectivity index (χ2n) is 3.54. The van der Waals surface area contributed by atoms with E-state index in [1.54, 1.807) is 19.1 Å². The molecule has 90 valence electrons. The normalized spacial score (nSPS) is 12.7. The van der Waals surface area contributed by atoms with Crippen molar-refractivity contribution < 1.29 is 8.91 Å². The summed E-state index contributed by atoms with van der Waals surface area (Å²) < 4.78 is 18.5. The molecule has 1 aromatic carbocycles. The zero-order chi connectivity index (χ0) is 12.4. The molecule has 0 radical (unpaired) electrons. The third kappa shape index (κ3) is 2.76. The maximum absolute atomic E-state index is 13.5. The fraction of sp³-hybridized carbons (Fsp3) is 0.273. The fourth-order valence-electron chi connectivity index (χ4n) is 1.35. The van der Waals surface area contributed by atoms with Gasteiger partial charge in [-0.05, 0) is 19.1 Å². The molecule has 0 saturated carbocycles. The van der Waals surface area contributed by atoms with E-state index in [9.17, 15) is 4.39 Å². The predicted octanol–water partition coefficient (Wildman–Crippen LogP) is 3.75. The third-order valence-corrected chi connectivity index (χ3v) is 2.78. The minimum Gasteiger partial charge on any atom is -0.339 e. The van der Waals surface area contributed by atoms with E-state index in [1.807, 2.05) is 0 Å². The SMILES string of the molecule is CC(Cl)c1noc(Cc2c(F)cccc2Cl)n1. The second-order valence-corrected chi connectivity index (χ2v) is 4.60. The zero-order valence-corrected chi connectivity index (χ0v) is 10.5. The van der Waals surface area contributed by atoms with Gasteiger partial charge in [0.15, 0.2) is 5.82 Å². The summed E-state index contributed by atoms with van der Waals surface area (Å²) in [6, 6.07) is 4.49. The van der Waals surface area contributed by atoms with Crippen LogP contribution in [0.15, 0.2) is 22.7 Å². The van der Waals surface area contributed by atoms with E-state index in [4.69, 9.17) is 27.7 Å². The number of rotatable bonds is 3. The lowest BCUT2D eigenvalue weighted by atomic mass is 10.1. The van der Waals surface area contributed by atoms with Crippen LogP contribution < -0.4 is 0 Å². The lowest BCUT2D eigenvalue weighted by molar-refractivity contribution is 0.378. The smallest absolute Gasteiger partial charge is 0.231 e. The topological polar surface area (TPSA) is 38.9 Å². The predicted molar refractivity (Wildman–Crippen MR) is 62.8 cm³/mol. The van der Waals surface area contributed by atoms with Crippen molar-refractivity contribution in [1.82, 2.24) is 10.1 Å². The lowest BCUT2D eigenvalue weighted by Crippen LogP contribution is -1.95. The Morgan fingerprint density at radius 1 is 1.47 bits per heavy atom. The quantitative estimate of drug-likeness (QED) is 0.801. The van der Waals surface area contributed by atoms with Crippen LogP contribution in [0.4, 0.5) is 4.39 Å². The first-order valence-corrected chi connectivity index (χ1v) is 5.79. The summed E-state index contributed by atoms with van der Waals surface area (Å²) in [7, 11) is 0. The van der Waals surface area contributed by atoms with E-state index in [-0.39, 0.29) is 11.8 Å². The van der Waals surface area contributed by atoms with Gasteiger partial charge >= 0.3 is 0 Å². The van der Waals surface area contributed by atoms with Crippen LogP contribution in [0, 0.1) is 5.82 Å². The van der Waals surface area contributed by atoms with E-state index in [0.29, 0.717) is 22.3 Å². The maximum atomic E-state index is 13.5. The van der Waals surface area contributed by atoms with Crippen LogP contribution in [0.5, 0.6) is 0 Å². The minimum atomic E-state index is -0.392. The summed E-state index contributed by atoms with van der Waals surface area (Å²) >= 11 is 11.7. The lowest BCUT2D eigenvalue weighted by Gasteiger charge is -2.01. The maximum Gasteiger partial charge on any atom is 0.231 e. The molecule has 0 spiro atoms. The van der Waals surface area contributed by atoms with Crippen LogP contribution in [0.1, 0.15) is 29.6 Å². The molecule has 1 heterocycles. The zero-order valence-electron chi connectivity index (χ0n) is 8.95. The molecule has 0 fully saturated rings. The van der Waals surface area contributed by atoms with Crippen molar-refractivity contribution in [3.05, 3.63) is 46.3 Å². The summed E-state index contributed by atoms with van der Waals surface area (Å²) in [4.78, 5) is 4.05. The van der Waals surface area contributed by atoms with Crippen LogP contribution in [0.25, 0.3) is 0 Å². The molecule has 0 aliphatic carbocycles. The van der Waals surface area contributed by atoms with Gasteiger partial charge in [0.25, 0.3) is 0 Å². The Kier molecular flexibility index (Phi) is 3.64. The minimum absolute atomic E-state index is 0.155.